The first-order valence-electron chi connectivity index (χ1n) is 9.30. The zero-order valence-electron chi connectivity index (χ0n) is 17.4. The number of esters is 1. The summed E-state index contributed by atoms with van der Waals surface area (Å²) >= 11 is 0. The zero-order valence-corrected chi connectivity index (χ0v) is 18.3. The number of hydrogen-bond acceptors (Lipinski definition) is 8. The van der Waals surface area contributed by atoms with E-state index >= 15 is 0 Å². The van der Waals surface area contributed by atoms with Crippen molar-refractivity contribution in [1.29, 1.82) is 0 Å². The van der Waals surface area contributed by atoms with Gasteiger partial charge < -0.3 is 23.3 Å². The van der Waals surface area contributed by atoms with Crippen molar-refractivity contribution in [3.63, 3.8) is 0 Å². The lowest BCUT2D eigenvalue weighted by molar-refractivity contribution is 0.0450. The number of aromatic amines is 1. The van der Waals surface area contributed by atoms with Crippen LogP contribution in [0, 0.1) is 0 Å². The number of carbonyl (C=O) groups is 1. The molecule has 0 radical (unpaired) electrons. The van der Waals surface area contributed by atoms with Crippen molar-refractivity contribution in [2.24, 2.45) is 0 Å². The van der Waals surface area contributed by atoms with Crippen molar-refractivity contribution in [3.05, 3.63) is 59.3 Å². The van der Waals surface area contributed by atoms with Gasteiger partial charge in [-0.1, -0.05) is 24.3 Å². The molecule has 0 aliphatic carbocycles. The third kappa shape index (κ3) is 3.40. The highest BCUT2D eigenvalue weighted by molar-refractivity contribution is 7.62. The molecule has 1 N–H and O–H groups in total. The van der Waals surface area contributed by atoms with Gasteiger partial charge in [0.1, 0.15) is 0 Å². The molecular formula is C21H21N2O7P. The largest absolute Gasteiger partial charge is 0.493 e. The molecule has 1 aromatic heterocycles. The summed E-state index contributed by atoms with van der Waals surface area (Å²) in [5, 5.41) is 7.13. The second-order valence-electron chi connectivity index (χ2n) is 6.64. The van der Waals surface area contributed by atoms with Gasteiger partial charge >= 0.3 is 13.6 Å². The van der Waals surface area contributed by atoms with Crippen LogP contribution in [0.1, 0.15) is 27.7 Å². The molecule has 0 saturated heterocycles. The fourth-order valence-corrected chi connectivity index (χ4v) is 4.81. The quantitative estimate of drug-likeness (QED) is 0.436. The Morgan fingerprint density at radius 3 is 2.39 bits per heavy atom. The highest BCUT2D eigenvalue weighted by Gasteiger charge is 2.40. The molecule has 0 unspecified atom stereocenters. The van der Waals surface area contributed by atoms with Crippen molar-refractivity contribution in [3.8, 4) is 22.6 Å². The van der Waals surface area contributed by atoms with Gasteiger partial charge in [-0.15, -0.1) is 0 Å². The molecule has 9 nitrogen and oxygen atoms in total. The van der Waals surface area contributed by atoms with E-state index in [0.29, 0.717) is 39.4 Å². The number of aromatic nitrogens is 2. The number of rotatable bonds is 7. The van der Waals surface area contributed by atoms with Gasteiger partial charge in [0.2, 0.25) is 0 Å². The van der Waals surface area contributed by atoms with Gasteiger partial charge in [0.15, 0.2) is 23.0 Å². The van der Waals surface area contributed by atoms with Crippen LogP contribution in [0.5, 0.6) is 11.5 Å². The van der Waals surface area contributed by atoms with Gasteiger partial charge in [-0.2, -0.15) is 5.10 Å². The van der Waals surface area contributed by atoms with Gasteiger partial charge in [-0.05, 0) is 23.8 Å². The molecule has 0 amide bonds. The maximum Gasteiger partial charge on any atom is 0.381 e. The molecule has 10 heteroatoms. The number of methoxy groups -OCH3 is 2. The average molecular weight is 444 g/mol. The standard InChI is InChI=1S/C21H21N2O7P/c1-26-15-10-9-12(11-16(15)27-2)17-18(22-23-20(17)31(25,28-3)29-4)19-13-7-5-6-8-14(13)21(24)30-19/h5-11,19H,1-4H3,(H,22,23)/t19-/m0/s1. The molecule has 4 rings (SSSR count). The molecule has 0 bridgehead atoms. The number of carbonyl (C=O) groups excluding carboxylic acids is 1. The Balaban J connectivity index is 1.96. The number of nitrogens with one attached hydrogen (secondary N) is 1. The predicted octanol–water partition coefficient (Wildman–Crippen LogP) is 3.46. The van der Waals surface area contributed by atoms with Gasteiger partial charge in [0.05, 0.1) is 25.5 Å². The van der Waals surface area contributed by atoms with E-state index < -0.39 is 19.7 Å². The first-order valence-corrected chi connectivity index (χ1v) is 10.8. The Hall–Kier alpha value is -3.13. The number of benzene rings is 2. The third-order valence-corrected chi connectivity index (χ3v) is 6.94. The Morgan fingerprint density at radius 2 is 1.71 bits per heavy atom. The van der Waals surface area contributed by atoms with Crippen LogP contribution >= 0.6 is 7.60 Å². The fraction of sp³-hybridized carbons (Fsp3) is 0.238. The highest BCUT2D eigenvalue weighted by atomic mass is 31.2. The molecule has 0 spiro atoms. The molecule has 1 aliphatic rings. The lowest BCUT2D eigenvalue weighted by Crippen LogP contribution is -2.13. The highest BCUT2D eigenvalue weighted by Crippen LogP contribution is 2.50. The lowest BCUT2D eigenvalue weighted by atomic mass is 9.97. The molecule has 1 atom stereocenters. The van der Waals surface area contributed by atoms with E-state index in [9.17, 15) is 9.36 Å². The number of nitrogens with zero attached hydrogens (tertiary/aromatic N) is 1. The molecule has 0 saturated carbocycles. The maximum atomic E-state index is 13.3. The number of fused-ring (bicyclic) bond motifs is 1. The van der Waals surface area contributed by atoms with E-state index in [1.165, 1.54) is 28.4 Å². The van der Waals surface area contributed by atoms with Gasteiger partial charge in [0, 0.05) is 25.3 Å². The Kier molecular flexibility index (Phi) is 5.58. The van der Waals surface area contributed by atoms with Crippen LogP contribution in [0.3, 0.4) is 0 Å². The molecule has 31 heavy (non-hydrogen) atoms. The molecular weight excluding hydrogens is 423 g/mol. The van der Waals surface area contributed by atoms with Crippen LogP contribution in [0.15, 0.2) is 42.5 Å². The fourth-order valence-electron chi connectivity index (χ4n) is 3.62. The summed E-state index contributed by atoms with van der Waals surface area (Å²) in [6.07, 6.45) is -0.768. The summed E-state index contributed by atoms with van der Waals surface area (Å²) in [7, 11) is 1.86. The van der Waals surface area contributed by atoms with Crippen LogP contribution in [0.25, 0.3) is 11.1 Å². The summed E-state index contributed by atoms with van der Waals surface area (Å²) in [5.74, 6) is 0.542. The number of hydrogen-bond donors (Lipinski definition) is 1. The monoisotopic (exact) mass is 444 g/mol. The summed E-state index contributed by atoms with van der Waals surface area (Å²) in [6.45, 7) is 0. The topological polar surface area (TPSA) is 109 Å². The van der Waals surface area contributed by atoms with Crippen molar-refractivity contribution >= 4 is 19.0 Å². The second kappa shape index (κ2) is 8.19. The van der Waals surface area contributed by atoms with Crippen LogP contribution in [0.2, 0.25) is 0 Å². The molecule has 0 fully saturated rings. The normalized spacial score (nSPS) is 15.5. The van der Waals surface area contributed by atoms with Crippen LogP contribution in [-0.2, 0) is 18.3 Å². The molecule has 3 aromatic rings. The first-order chi connectivity index (χ1) is 15.0. The smallest absolute Gasteiger partial charge is 0.381 e. The van der Waals surface area contributed by atoms with Gasteiger partial charge in [0.25, 0.3) is 0 Å². The van der Waals surface area contributed by atoms with Crippen molar-refractivity contribution < 1.29 is 32.6 Å². The minimum Gasteiger partial charge on any atom is -0.493 e. The molecule has 162 valence electrons. The van der Waals surface area contributed by atoms with Crippen molar-refractivity contribution in [2.45, 2.75) is 6.10 Å². The Labute approximate surface area is 178 Å². The zero-order chi connectivity index (χ0) is 22.2. The van der Waals surface area contributed by atoms with Crippen LogP contribution < -0.4 is 14.9 Å². The minimum atomic E-state index is -3.75. The molecule has 2 heterocycles. The average Bonchev–Trinajstić information content (AvgIpc) is 3.40. The van der Waals surface area contributed by atoms with E-state index in [0.717, 1.165) is 0 Å². The lowest BCUT2D eigenvalue weighted by Gasteiger charge is -2.17. The van der Waals surface area contributed by atoms with E-state index in [2.05, 4.69) is 10.2 Å². The second-order valence-corrected chi connectivity index (χ2v) is 8.79. The SMILES string of the molecule is COc1ccc(-c2c(P(=O)(OC)OC)n[nH]c2[C@H]2OC(=O)c3ccccc32)cc1OC. The Bertz CT molecular complexity index is 1180. The minimum absolute atomic E-state index is 0.0696. The Morgan fingerprint density at radius 1 is 1.00 bits per heavy atom. The van der Waals surface area contributed by atoms with E-state index in [-0.39, 0.29) is 5.44 Å². The molecule has 1 aliphatic heterocycles. The number of cyclic esters (lactones) is 1. The van der Waals surface area contributed by atoms with Crippen LogP contribution in [0.4, 0.5) is 0 Å². The third-order valence-electron chi connectivity index (χ3n) is 5.14. The predicted molar refractivity (Wildman–Crippen MR) is 112 cm³/mol. The van der Waals surface area contributed by atoms with Crippen LogP contribution in [-0.4, -0.2) is 44.6 Å². The van der Waals surface area contributed by atoms with E-state index in [1.807, 2.05) is 6.07 Å². The number of H-pyrrole nitrogens is 1. The maximum absolute atomic E-state index is 13.3. The van der Waals surface area contributed by atoms with Gasteiger partial charge in [-0.3, -0.25) is 9.66 Å². The summed E-state index contributed by atoms with van der Waals surface area (Å²) < 4.78 is 40.0. The summed E-state index contributed by atoms with van der Waals surface area (Å²) in [5.41, 5.74) is 2.68. The summed E-state index contributed by atoms with van der Waals surface area (Å²) in [4.78, 5) is 12.4. The van der Waals surface area contributed by atoms with E-state index in [1.54, 1.807) is 36.4 Å². The van der Waals surface area contributed by atoms with Crippen molar-refractivity contribution in [2.75, 3.05) is 28.4 Å². The molecule has 2 aromatic carbocycles. The van der Waals surface area contributed by atoms with Crippen molar-refractivity contribution in [1.82, 2.24) is 10.2 Å². The summed E-state index contributed by atoms with van der Waals surface area (Å²) in [6, 6.07) is 12.3. The van der Waals surface area contributed by atoms with E-state index in [4.69, 9.17) is 23.3 Å². The first kappa shape index (κ1) is 21.1. The van der Waals surface area contributed by atoms with Gasteiger partial charge in [-0.25, -0.2) is 4.79 Å². The number of ether oxygens (including phenoxy) is 3.